The number of hydrogen-bond donors (Lipinski definition) is 2. The Balaban J connectivity index is 1.99. The van der Waals surface area contributed by atoms with Crippen LogP contribution in [0.5, 0.6) is 0 Å². The van der Waals surface area contributed by atoms with E-state index in [-0.39, 0.29) is 30.8 Å². The second-order valence-corrected chi connectivity index (χ2v) is 4.99. The molecule has 108 valence electrons. The van der Waals surface area contributed by atoms with E-state index in [0.717, 1.165) is 5.56 Å². The van der Waals surface area contributed by atoms with Crippen molar-refractivity contribution in [3.8, 4) is 0 Å². The Morgan fingerprint density at radius 1 is 1.45 bits per heavy atom. The molecule has 2 unspecified atom stereocenters. The lowest BCUT2D eigenvalue weighted by atomic mass is 10.0. The first-order valence-corrected chi connectivity index (χ1v) is 6.89. The van der Waals surface area contributed by atoms with Crippen molar-refractivity contribution in [3.63, 3.8) is 0 Å². The number of aliphatic hydroxyl groups is 1. The summed E-state index contributed by atoms with van der Waals surface area (Å²) < 4.78 is 0. The van der Waals surface area contributed by atoms with Crippen molar-refractivity contribution in [3.05, 3.63) is 35.9 Å². The Kier molecular flexibility index (Phi) is 4.74. The van der Waals surface area contributed by atoms with Gasteiger partial charge in [-0.25, -0.2) is 0 Å². The zero-order valence-electron chi connectivity index (χ0n) is 11.6. The fraction of sp³-hybridized carbons (Fsp3) is 0.467. The SMILES string of the molecule is CCN1CC(C(=O)NC(CO)c2ccccc2)CC1=O. The standard InChI is InChI=1S/C15H20N2O3/c1-2-17-9-12(8-14(17)19)15(20)16-13(10-18)11-6-4-3-5-7-11/h3-7,12-13,18H,2,8-10H2,1H3,(H,16,20). The summed E-state index contributed by atoms with van der Waals surface area (Å²) in [5.41, 5.74) is 0.861. The van der Waals surface area contributed by atoms with Gasteiger partial charge in [-0.05, 0) is 12.5 Å². The highest BCUT2D eigenvalue weighted by molar-refractivity contribution is 5.89. The second kappa shape index (κ2) is 6.52. The van der Waals surface area contributed by atoms with Gasteiger partial charge in [0.1, 0.15) is 0 Å². The molecule has 1 aromatic rings. The quantitative estimate of drug-likeness (QED) is 0.832. The summed E-state index contributed by atoms with van der Waals surface area (Å²) >= 11 is 0. The van der Waals surface area contributed by atoms with E-state index >= 15 is 0 Å². The molecule has 5 nitrogen and oxygen atoms in total. The number of benzene rings is 1. The highest BCUT2D eigenvalue weighted by Gasteiger charge is 2.34. The van der Waals surface area contributed by atoms with Gasteiger partial charge in [0, 0.05) is 19.5 Å². The summed E-state index contributed by atoms with van der Waals surface area (Å²) in [7, 11) is 0. The van der Waals surface area contributed by atoms with Crippen LogP contribution in [0.25, 0.3) is 0 Å². The van der Waals surface area contributed by atoms with Crippen molar-refractivity contribution in [1.82, 2.24) is 10.2 Å². The van der Waals surface area contributed by atoms with Crippen molar-refractivity contribution in [2.24, 2.45) is 5.92 Å². The Morgan fingerprint density at radius 3 is 2.70 bits per heavy atom. The molecule has 2 amide bonds. The van der Waals surface area contributed by atoms with Gasteiger partial charge in [-0.15, -0.1) is 0 Å². The molecule has 2 N–H and O–H groups in total. The Morgan fingerprint density at radius 2 is 2.15 bits per heavy atom. The summed E-state index contributed by atoms with van der Waals surface area (Å²) in [5, 5.41) is 12.3. The molecule has 0 aliphatic carbocycles. The van der Waals surface area contributed by atoms with E-state index in [1.807, 2.05) is 37.3 Å². The van der Waals surface area contributed by atoms with Crippen molar-refractivity contribution >= 4 is 11.8 Å². The Bertz CT molecular complexity index is 475. The fourth-order valence-corrected chi connectivity index (χ4v) is 2.46. The van der Waals surface area contributed by atoms with Gasteiger partial charge < -0.3 is 15.3 Å². The largest absolute Gasteiger partial charge is 0.394 e. The van der Waals surface area contributed by atoms with Crippen molar-refractivity contribution < 1.29 is 14.7 Å². The number of hydrogen-bond acceptors (Lipinski definition) is 3. The van der Waals surface area contributed by atoms with Crippen molar-refractivity contribution in [1.29, 1.82) is 0 Å². The maximum Gasteiger partial charge on any atom is 0.225 e. The van der Waals surface area contributed by atoms with Gasteiger partial charge in [-0.2, -0.15) is 0 Å². The van der Waals surface area contributed by atoms with Crippen LogP contribution in [0.1, 0.15) is 24.9 Å². The number of carbonyl (C=O) groups is 2. The van der Waals surface area contributed by atoms with Gasteiger partial charge in [0.15, 0.2) is 0 Å². The Hall–Kier alpha value is -1.88. The van der Waals surface area contributed by atoms with E-state index in [9.17, 15) is 14.7 Å². The predicted octanol–water partition coefficient (Wildman–Crippen LogP) is 0.705. The smallest absolute Gasteiger partial charge is 0.225 e. The van der Waals surface area contributed by atoms with Gasteiger partial charge >= 0.3 is 0 Å². The molecule has 1 aromatic carbocycles. The van der Waals surface area contributed by atoms with Gasteiger partial charge in [0.05, 0.1) is 18.6 Å². The normalized spacial score (nSPS) is 20.0. The summed E-state index contributed by atoms with van der Waals surface area (Å²) in [5.74, 6) is -0.467. The zero-order chi connectivity index (χ0) is 14.5. The van der Waals surface area contributed by atoms with Crippen LogP contribution in [0.3, 0.4) is 0 Å². The lowest BCUT2D eigenvalue weighted by molar-refractivity contribution is -0.129. The van der Waals surface area contributed by atoms with Crippen LogP contribution >= 0.6 is 0 Å². The first-order valence-electron chi connectivity index (χ1n) is 6.89. The van der Waals surface area contributed by atoms with Crippen LogP contribution in [0.2, 0.25) is 0 Å². The van der Waals surface area contributed by atoms with Crippen LogP contribution in [0.4, 0.5) is 0 Å². The van der Waals surface area contributed by atoms with E-state index in [2.05, 4.69) is 5.32 Å². The predicted molar refractivity (Wildman–Crippen MR) is 74.8 cm³/mol. The van der Waals surface area contributed by atoms with Crippen LogP contribution in [-0.4, -0.2) is 41.5 Å². The average molecular weight is 276 g/mol. The van der Waals surface area contributed by atoms with Crippen LogP contribution in [0, 0.1) is 5.92 Å². The minimum Gasteiger partial charge on any atom is -0.394 e. The number of likely N-dealkylation sites (tertiary alicyclic amines) is 1. The molecule has 0 spiro atoms. The summed E-state index contributed by atoms with van der Waals surface area (Å²) in [6.45, 7) is 2.84. The Labute approximate surface area is 118 Å². The molecule has 0 radical (unpaired) electrons. The maximum absolute atomic E-state index is 12.2. The molecule has 2 atom stereocenters. The van der Waals surface area contributed by atoms with Gasteiger partial charge in [0.25, 0.3) is 0 Å². The van der Waals surface area contributed by atoms with Crippen molar-refractivity contribution in [2.45, 2.75) is 19.4 Å². The molecular formula is C15H20N2O3. The number of amides is 2. The molecule has 1 aliphatic heterocycles. The monoisotopic (exact) mass is 276 g/mol. The third-order valence-corrected chi connectivity index (χ3v) is 3.67. The van der Waals surface area contributed by atoms with Gasteiger partial charge in [-0.3, -0.25) is 9.59 Å². The van der Waals surface area contributed by atoms with E-state index in [0.29, 0.717) is 13.1 Å². The van der Waals surface area contributed by atoms with E-state index in [1.165, 1.54) is 0 Å². The highest BCUT2D eigenvalue weighted by Crippen LogP contribution is 2.19. The molecule has 0 bridgehead atoms. The molecule has 20 heavy (non-hydrogen) atoms. The highest BCUT2D eigenvalue weighted by atomic mass is 16.3. The fourth-order valence-electron chi connectivity index (χ4n) is 2.46. The molecule has 5 heteroatoms. The number of aliphatic hydroxyl groups excluding tert-OH is 1. The third kappa shape index (κ3) is 3.17. The van der Waals surface area contributed by atoms with Gasteiger partial charge in [0.2, 0.25) is 11.8 Å². The third-order valence-electron chi connectivity index (χ3n) is 3.67. The summed E-state index contributed by atoms with van der Waals surface area (Å²) in [6, 6.07) is 8.91. The molecule has 1 aliphatic rings. The lowest BCUT2D eigenvalue weighted by Crippen LogP contribution is -2.36. The minimum absolute atomic E-state index is 0.0212. The van der Waals surface area contributed by atoms with Crippen molar-refractivity contribution in [2.75, 3.05) is 19.7 Å². The molecule has 1 saturated heterocycles. The maximum atomic E-state index is 12.2. The molecular weight excluding hydrogens is 256 g/mol. The average Bonchev–Trinajstić information content (AvgIpc) is 2.86. The van der Waals surface area contributed by atoms with Gasteiger partial charge in [-0.1, -0.05) is 30.3 Å². The first-order chi connectivity index (χ1) is 9.65. The van der Waals surface area contributed by atoms with Crippen LogP contribution in [0.15, 0.2) is 30.3 Å². The number of rotatable bonds is 5. The van der Waals surface area contributed by atoms with Crippen LogP contribution in [-0.2, 0) is 9.59 Å². The number of carbonyl (C=O) groups excluding carboxylic acids is 2. The van der Waals surface area contributed by atoms with Crippen LogP contribution < -0.4 is 5.32 Å². The second-order valence-electron chi connectivity index (χ2n) is 4.99. The van der Waals surface area contributed by atoms with E-state index in [4.69, 9.17) is 0 Å². The molecule has 1 fully saturated rings. The zero-order valence-corrected chi connectivity index (χ0v) is 11.6. The number of nitrogens with zero attached hydrogens (tertiary/aromatic N) is 1. The molecule has 0 saturated carbocycles. The minimum atomic E-state index is -0.422. The summed E-state index contributed by atoms with van der Waals surface area (Å²) in [4.78, 5) is 25.5. The van der Waals surface area contributed by atoms with E-state index < -0.39 is 6.04 Å². The molecule has 1 heterocycles. The topological polar surface area (TPSA) is 69.6 Å². The molecule has 0 aromatic heterocycles. The van der Waals surface area contributed by atoms with E-state index in [1.54, 1.807) is 4.90 Å². The number of nitrogens with one attached hydrogen (secondary N) is 1. The first kappa shape index (κ1) is 14.5. The summed E-state index contributed by atoms with van der Waals surface area (Å²) in [6.07, 6.45) is 0.257. The lowest BCUT2D eigenvalue weighted by Gasteiger charge is -2.19. The molecule has 2 rings (SSSR count).